The molecule has 0 aliphatic heterocycles. The maximum absolute atomic E-state index is 10.7. The van der Waals surface area contributed by atoms with Crippen LogP contribution in [-0.4, -0.2) is 22.2 Å². The van der Waals surface area contributed by atoms with Gasteiger partial charge in [0.15, 0.2) is 0 Å². The zero-order valence-corrected chi connectivity index (χ0v) is 26.3. The van der Waals surface area contributed by atoms with E-state index in [4.69, 9.17) is 10.2 Å². The number of aromatic carboxylic acids is 2. The molecule has 0 unspecified atom stereocenters. The van der Waals surface area contributed by atoms with Gasteiger partial charge in [0.2, 0.25) is 0 Å². The summed E-state index contributed by atoms with van der Waals surface area (Å²) in [5.41, 5.74) is 1.88. The number of carboxylic acids is 2. The van der Waals surface area contributed by atoms with Gasteiger partial charge in [0.05, 0.1) is 11.1 Å². The standard InChI is InChI=1S/C25H23P.C14H10O4S/c1-5-13-22(14-6-1)21-26(23-15-7-2-8-16-23,24-17-9-3-10-18-24)25-19-11-4-12-20-25;15-13(16)9-1-5-11(6-2-9)19-12-7-3-10(4-8-12)14(17)18/h1-20,26H,21H2;1-8H,(H,15,16)(H,17,18). The summed E-state index contributed by atoms with van der Waals surface area (Å²) < 4.78 is 0. The number of carboxylic acid groups (broad SMARTS) is 2. The summed E-state index contributed by atoms with van der Waals surface area (Å²) in [6, 6.07) is 57.2. The van der Waals surface area contributed by atoms with Gasteiger partial charge in [-0.05, 0) is 48.5 Å². The predicted octanol–water partition coefficient (Wildman–Crippen LogP) is 8.15. The van der Waals surface area contributed by atoms with Crippen LogP contribution in [-0.2, 0) is 6.16 Å². The first kappa shape index (κ1) is 31.5. The average Bonchev–Trinajstić information content (AvgIpc) is 3.09. The molecule has 6 aromatic carbocycles. The third kappa shape index (κ3) is 7.96. The van der Waals surface area contributed by atoms with Gasteiger partial charge in [-0.1, -0.05) is 11.8 Å². The Balaban J connectivity index is 0.000000187. The average molecular weight is 629 g/mol. The van der Waals surface area contributed by atoms with Crippen molar-refractivity contribution < 1.29 is 19.8 Å². The van der Waals surface area contributed by atoms with Gasteiger partial charge in [0.1, 0.15) is 0 Å². The SMILES string of the molecule is O=C(O)c1ccc(Sc2ccc(C(=O)O)cc2)cc1.c1ccc(C[PH](c2ccccc2)(c2ccccc2)c2ccccc2)cc1. The Kier molecular flexibility index (Phi) is 10.6. The maximum atomic E-state index is 10.7. The Hall–Kier alpha value is -4.96. The number of benzene rings is 6. The quantitative estimate of drug-likeness (QED) is 0.158. The van der Waals surface area contributed by atoms with Crippen molar-refractivity contribution in [1.82, 2.24) is 0 Å². The van der Waals surface area contributed by atoms with E-state index >= 15 is 0 Å². The summed E-state index contributed by atoms with van der Waals surface area (Å²) >= 11 is 1.44. The van der Waals surface area contributed by atoms with Crippen LogP contribution in [0.1, 0.15) is 26.3 Å². The molecule has 6 rings (SSSR count). The molecule has 0 radical (unpaired) electrons. The molecule has 4 nitrogen and oxygen atoms in total. The van der Waals surface area contributed by atoms with E-state index in [1.807, 2.05) is 0 Å². The molecule has 45 heavy (non-hydrogen) atoms. The molecule has 6 aromatic rings. The van der Waals surface area contributed by atoms with Crippen molar-refractivity contribution in [2.75, 3.05) is 0 Å². The molecule has 0 atom stereocenters. The predicted molar refractivity (Wildman–Crippen MR) is 188 cm³/mol. The molecule has 0 spiro atoms. The van der Waals surface area contributed by atoms with Crippen molar-refractivity contribution in [3.8, 4) is 0 Å². The topological polar surface area (TPSA) is 74.6 Å². The van der Waals surface area contributed by atoms with Crippen LogP contribution in [0.2, 0.25) is 0 Å². The van der Waals surface area contributed by atoms with Crippen molar-refractivity contribution in [2.24, 2.45) is 0 Å². The van der Waals surface area contributed by atoms with Crippen LogP contribution in [0.15, 0.2) is 180 Å². The number of hydrogen-bond acceptors (Lipinski definition) is 3. The van der Waals surface area contributed by atoms with Gasteiger partial charge >= 0.3 is 168 Å². The van der Waals surface area contributed by atoms with Crippen molar-refractivity contribution in [2.45, 2.75) is 16.0 Å². The molecule has 0 fully saturated rings. The number of rotatable bonds is 9. The molecule has 0 bridgehead atoms. The van der Waals surface area contributed by atoms with Gasteiger partial charge in [0, 0.05) is 9.79 Å². The van der Waals surface area contributed by atoms with Crippen LogP contribution in [0, 0.1) is 0 Å². The Morgan fingerprint density at radius 1 is 0.444 bits per heavy atom. The molecule has 0 amide bonds. The van der Waals surface area contributed by atoms with Gasteiger partial charge in [-0.3, -0.25) is 0 Å². The molecule has 224 valence electrons. The van der Waals surface area contributed by atoms with Crippen LogP contribution in [0.5, 0.6) is 0 Å². The van der Waals surface area contributed by atoms with Crippen molar-refractivity contribution in [3.05, 3.63) is 187 Å². The van der Waals surface area contributed by atoms with E-state index in [1.165, 1.54) is 57.5 Å². The van der Waals surface area contributed by atoms with Gasteiger partial charge in [-0.2, -0.15) is 0 Å². The molecule has 0 saturated carbocycles. The summed E-state index contributed by atoms with van der Waals surface area (Å²) in [6.07, 6.45) is 1.06. The van der Waals surface area contributed by atoms with E-state index in [9.17, 15) is 9.59 Å². The minimum atomic E-state index is -2.16. The third-order valence-electron chi connectivity index (χ3n) is 7.55. The van der Waals surface area contributed by atoms with Gasteiger partial charge in [0.25, 0.3) is 0 Å². The number of carbonyl (C=O) groups is 2. The second kappa shape index (κ2) is 15.2. The molecule has 6 heteroatoms. The third-order valence-corrected chi connectivity index (χ3v) is 13.5. The van der Waals surface area contributed by atoms with Crippen LogP contribution < -0.4 is 15.9 Å². The molecule has 0 aliphatic rings. The van der Waals surface area contributed by atoms with Crippen LogP contribution in [0.25, 0.3) is 0 Å². The van der Waals surface area contributed by atoms with Gasteiger partial charge in [-0.25, -0.2) is 9.59 Å². The zero-order valence-electron chi connectivity index (χ0n) is 24.5. The van der Waals surface area contributed by atoms with Crippen LogP contribution in [0.3, 0.4) is 0 Å². The Bertz CT molecular complexity index is 1660. The van der Waals surface area contributed by atoms with Crippen LogP contribution >= 0.6 is 19.0 Å². The molecular weight excluding hydrogens is 595 g/mol. The van der Waals surface area contributed by atoms with E-state index in [1.54, 1.807) is 24.3 Å². The van der Waals surface area contributed by atoms with Crippen molar-refractivity contribution >= 4 is 46.9 Å². The Morgan fingerprint density at radius 2 is 0.756 bits per heavy atom. The summed E-state index contributed by atoms with van der Waals surface area (Å²) in [7, 11) is -2.16. The van der Waals surface area contributed by atoms with E-state index in [0.717, 1.165) is 16.0 Å². The molecular formula is C39H33O4PS. The first-order chi connectivity index (χ1) is 22.0. The summed E-state index contributed by atoms with van der Waals surface area (Å²) in [6.45, 7) is 0. The molecule has 2 N–H and O–H groups in total. The number of hydrogen-bond donors (Lipinski definition) is 2. The van der Waals surface area contributed by atoms with Gasteiger partial charge < -0.3 is 10.2 Å². The van der Waals surface area contributed by atoms with E-state index < -0.39 is 19.2 Å². The summed E-state index contributed by atoms with van der Waals surface area (Å²) in [5.74, 6) is -1.91. The van der Waals surface area contributed by atoms with E-state index in [-0.39, 0.29) is 11.1 Å². The van der Waals surface area contributed by atoms with Crippen molar-refractivity contribution in [1.29, 1.82) is 0 Å². The fourth-order valence-electron chi connectivity index (χ4n) is 5.34. The van der Waals surface area contributed by atoms with Gasteiger partial charge in [-0.15, -0.1) is 0 Å². The van der Waals surface area contributed by atoms with Crippen LogP contribution in [0.4, 0.5) is 0 Å². The molecule has 0 saturated heterocycles. The molecule has 0 aliphatic carbocycles. The zero-order chi connectivity index (χ0) is 31.5. The summed E-state index contributed by atoms with van der Waals surface area (Å²) in [5, 5.41) is 21.9. The first-order valence-corrected chi connectivity index (χ1v) is 17.5. The minimum absolute atomic E-state index is 0.241. The van der Waals surface area contributed by atoms with Crippen molar-refractivity contribution in [3.63, 3.8) is 0 Å². The second-order valence-electron chi connectivity index (χ2n) is 10.4. The van der Waals surface area contributed by atoms with E-state index in [0.29, 0.717) is 0 Å². The monoisotopic (exact) mass is 628 g/mol. The summed E-state index contributed by atoms with van der Waals surface area (Å²) in [4.78, 5) is 23.2. The van der Waals surface area contributed by atoms with E-state index in [2.05, 4.69) is 121 Å². The molecule has 0 heterocycles. The Labute approximate surface area is 268 Å². The fourth-order valence-corrected chi connectivity index (χ4v) is 10.9. The molecule has 0 aromatic heterocycles. The fraction of sp³-hybridized carbons (Fsp3) is 0.0256. The first-order valence-electron chi connectivity index (χ1n) is 14.5. The Morgan fingerprint density at radius 3 is 1.07 bits per heavy atom. The second-order valence-corrected chi connectivity index (χ2v) is 15.5. The normalized spacial score (nSPS) is 11.1.